The number of carbonyl (C=O) groups is 1. The molecule has 6 heteroatoms. The lowest BCUT2D eigenvalue weighted by Crippen LogP contribution is -2.06. The van der Waals surface area contributed by atoms with Gasteiger partial charge in [-0.15, -0.1) is 0 Å². The van der Waals surface area contributed by atoms with Crippen molar-refractivity contribution < 1.29 is 14.5 Å². The molecule has 0 heterocycles. The Labute approximate surface area is 97.1 Å². The zero-order valence-electron chi connectivity index (χ0n) is 8.82. The third-order valence-electron chi connectivity index (χ3n) is 2.02. The molecular formula is C10H10ClNO4. The molecule has 0 saturated heterocycles. The largest absolute Gasteiger partial charge is 0.462 e. The van der Waals surface area contributed by atoms with Crippen LogP contribution in [0.4, 0.5) is 5.69 Å². The molecule has 0 amide bonds. The minimum atomic E-state index is -0.618. The summed E-state index contributed by atoms with van der Waals surface area (Å²) < 4.78 is 4.74. The zero-order chi connectivity index (χ0) is 12.3. The summed E-state index contributed by atoms with van der Waals surface area (Å²) in [6, 6.07) is 2.53. The van der Waals surface area contributed by atoms with Crippen LogP contribution in [0.15, 0.2) is 12.1 Å². The molecule has 0 aromatic heterocycles. The lowest BCUT2D eigenvalue weighted by Gasteiger charge is -2.04. The van der Waals surface area contributed by atoms with Gasteiger partial charge in [0.1, 0.15) is 0 Å². The van der Waals surface area contributed by atoms with E-state index in [9.17, 15) is 14.9 Å². The van der Waals surface area contributed by atoms with Gasteiger partial charge in [-0.2, -0.15) is 0 Å². The summed E-state index contributed by atoms with van der Waals surface area (Å²) in [4.78, 5) is 21.5. The van der Waals surface area contributed by atoms with Crippen LogP contribution in [-0.2, 0) is 4.74 Å². The quantitative estimate of drug-likeness (QED) is 0.465. The van der Waals surface area contributed by atoms with Gasteiger partial charge in [0, 0.05) is 11.6 Å². The van der Waals surface area contributed by atoms with Gasteiger partial charge in [0.05, 0.1) is 22.1 Å². The van der Waals surface area contributed by atoms with Crippen LogP contribution in [0.1, 0.15) is 22.8 Å². The normalized spacial score (nSPS) is 9.94. The molecule has 0 atom stereocenters. The number of hydrogen-bond acceptors (Lipinski definition) is 4. The molecule has 0 bridgehead atoms. The first kappa shape index (κ1) is 12.4. The smallest absolute Gasteiger partial charge is 0.338 e. The molecule has 5 nitrogen and oxygen atoms in total. The molecule has 0 radical (unpaired) electrons. The highest BCUT2D eigenvalue weighted by Crippen LogP contribution is 2.27. The van der Waals surface area contributed by atoms with Crippen LogP contribution in [0.3, 0.4) is 0 Å². The van der Waals surface area contributed by atoms with Crippen molar-refractivity contribution in [3.8, 4) is 0 Å². The summed E-state index contributed by atoms with van der Waals surface area (Å²) in [5, 5.41) is 10.9. The average molecular weight is 244 g/mol. The van der Waals surface area contributed by atoms with E-state index in [1.807, 2.05) is 0 Å². The minimum absolute atomic E-state index is 0.0872. The Balaban J connectivity index is 3.24. The molecule has 0 aliphatic carbocycles. The van der Waals surface area contributed by atoms with Crippen LogP contribution in [0.25, 0.3) is 0 Å². The Bertz CT molecular complexity index is 445. The molecule has 0 N–H and O–H groups in total. The molecule has 16 heavy (non-hydrogen) atoms. The van der Waals surface area contributed by atoms with E-state index in [1.165, 1.54) is 19.1 Å². The van der Waals surface area contributed by atoms with E-state index in [-0.39, 0.29) is 22.9 Å². The summed E-state index contributed by atoms with van der Waals surface area (Å²) in [5.41, 5.74) is 0.236. The highest BCUT2D eigenvalue weighted by atomic mass is 35.5. The van der Waals surface area contributed by atoms with Gasteiger partial charge in [0.25, 0.3) is 5.69 Å². The number of ether oxygens (including phenoxy) is 1. The first-order valence-corrected chi connectivity index (χ1v) is 4.96. The lowest BCUT2D eigenvalue weighted by molar-refractivity contribution is -0.385. The topological polar surface area (TPSA) is 69.4 Å². The molecule has 86 valence electrons. The summed E-state index contributed by atoms with van der Waals surface area (Å²) in [6.45, 7) is 3.38. The van der Waals surface area contributed by atoms with Gasteiger partial charge in [0.2, 0.25) is 0 Å². The highest BCUT2D eigenvalue weighted by Gasteiger charge is 2.18. The third kappa shape index (κ3) is 2.49. The Morgan fingerprint density at radius 1 is 1.56 bits per heavy atom. The fourth-order valence-electron chi connectivity index (χ4n) is 1.19. The van der Waals surface area contributed by atoms with Gasteiger partial charge in [-0.1, -0.05) is 11.6 Å². The van der Waals surface area contributed by atoms with Gasteiger partial charge in [0.15, 0.2) is 0 Å². The standard InChI is InChI=1S/C10H10ClNO4/c1-3-16-10(13)7-4-8(11)6(2)9(5-7)12(14)15/h4-5H,3H2,1-2H3. The Morgan fingerprint density at radius 2 is 2.19 bits per heavy atom. The molecule has 0 unspecified atom stereocenters. The molecule has 1 aromatic rings. The Kier molecular flexibility index (Phi) is 3.84. The van der Waals surface area contributed by atoms with E-state index in [0.29, 0.717) is 5.56 Å². The van der Waals surface area contributed by atoms with Crippen LogP contribution in [-0.4, -0.2) is 17.5 Å². The van der Waals surface area contributed by atoms with Crippen molar-refractivity contribution in [3.05, 3.63) is 38.4 Å². The fourth-order valence-corrected chi connectivity index (χ4v) is 1.40. The number of nitro benzene ring substituents is 1. The maximum atomic E-state index is 11.4. The first-order valence-electron chi connectivity index (χ1n) is 4.59. The Hall–Kier alpha value is -1.62. The maximum Gasteiger partial charge on any atom is 0.338 e. The number of halogens is 1. The molecule has 0 fully saturated rings. The van der Waals surface area contributed by atoms with Crippen LogP contribution >= 0.6 is 11.6 Å². The lowest BCUT2D eigenvalue weighted by atomic mass is 10.1. The predicted molar refractivity (Wildman–Crippen MR) is 58.8 cm³/mol. The number of hydrogen-bond donors (Lipinski definition) is 0. The monoisotopic (exact) mass is 243 g/mol. The van der Waals surface area contributed by atoms with E-state index < -0.39 is 10.9 Å². The van der Waals surface area contributed by atoms with Gasteiger partial charge >= 0.3 is 5.97 Å². The number of nitro groups is 1. The van der Waals surface area contributed by atoms with Gasteiger partial charge in [-0.05, 0) is 19.9 Å². The van der Waals surface area contributed by atoms with Crippen LogP contribution in [0.2, 0.25) is 5.02 Å². The van der Waals surface area contributed by atoms with Crippen LogP contribution in [0, 0.1) is 17.0 Å². The number of carbonyl (C=O) groups excluding carboxylic acids is 1. The predicted octanol–water partition coefficient (Wildman–Crippen LogP) is 2.73. The van der Waals surface area contributed by atoms with E-state index in [2.05, 4.69) is 0 Å². The molecule has 0 saturated carbocycles. The fraction of sp³-hybridized carbons (Fsp3) is 0.300. The van der Waals surface area contributed by atoms with E-state index >= 15 is 0 Å². The molecule has 0 aliphatic rings. The van der Waals surface area contributed by atoms with Crippen molar-refractivity contribution in [1.82, 2.24) is 0 Å². The average Bonchev–Trinajstić information content (AvgIpc) is 2.21. The van der Waals surface area contributed by atoms with Crippen molar-refractivity contribution >= 4 is 23.3 Å². The highest BCUT2D eigenvalue weighted by molar-refractivity contribution is 6.32. The van der Waals surface area contributed by atoms with Crippen LogP contribution in [0.5, 0.6) is 0 Å². The second-order valence-corrected chi connectivity index (χ2v) is 3.49. The van der Waals surface area contributed by atoms with Gasteiger partial charge < -0.3 is 4.74 Å². The van der Waals surface area contributed by atoms with E-state index in [1.54, 1.807) is 6.92 Å². The van der Waals surface area contributed by atoms with E-state index in [4.69, 9.17) is 16.3 Å². The van der Waals surface area contributed by atoms with Crippen molar-refractivity contribution in [2.75, 3.05) is 6.61 Å². The second kappa shape index (κ2) is 4.94. The Morgan fingerprint density at radius 3 is 2.69 bits per heavy atom. The summed E-state index contributed by atoms with van der Waals surface area (Å²) in [6.07, 6.45) is 0. The van der Waals surface area contributed by atoms with Crippen molar-refractivity contribution in [2.45, 2.75) is 13.8 Å². The minimum Gasteiger partial charge on any atom is -0.462 e. The molecule has 1 rings (SSSR count). The summed E-state index contributed by atoms with van der Waals surface area (Å²) in [7, 11) is 0. The molecule has 0 spiro atoms. The molecular weight excluding hydrogens is 234 g/mol. The van der Waals surface area contributed by atoms with Crippen LogP contribution < -0.4 is 0 Å². The number of esters is 1. The second-order valence-electron chi connectivity index (χ2n) is 3.08. The molecule has 0 aliphatic heterocycles. The number of rotatable bonds is 3. The first-order chi connectivity index (χ1) is 7.47. The van der Waals surface area contributed by atoms with Crippen molar-refractivity contribution in [2.24, 2.45) is 0 Å². The number of benzene rings is 1. The van der Waals surface area contributed by atoms with Crippen molar-refractivity contribution in [3.63, 3.8) is 0 Å². The van der Waals surface area contributed by atoms with E-state index in [0.717, 1.165) is 0 Å². The number of nitrogens with zero attached hydrogens (tertiary/aromatic N) is 1. The zero-order valence-corrected chi connectivity index (χ0v) is 9.58. The summed E-state index contributed by atoms with van der Waals surface area (Å²) in [5.74, 6) is -0.618. The van der Waals surface area contributed by atoms with Crippen molar-refractivity contribution in [1.29, 1.82) is 0 Å². The SMILES string of the molecule is CCOC(=O)c1cc(Cl)c(C)c([N+](=O)[O-])c1. The summed E-state index contributed by atoms with van der Waals surface area (Å²) >= 11 is 5.80. The maximum absolute atomic E-state index is 11.4. The van der Waals surface area contributed by atoms with Gasteiger partial charge in [-0.3, -0.25) is 10.1 Å². The third-order valence-corrected chi connectivity index (χ3v) is 2.42. The van der Waals surface area contributed by atoms with Gasteiger partial charge in [-0.25, -0.2) is 4.79 Å². The molecule has 1 aromatic carbocycles.